The van der Waals surface area contributed by atoms with Crippen LogP contribution in [0.25, 0.3) is 0 Å². The first kappa shape index (κ1) is 61.1. The van der Waals surface area contributed by atoms with Crippen molar-refractivity contribution >= 4 is 83.6 Å². The van der Waals surface area contributed by atoms with E-state index < -0.39 is 66.1 Å². The Labute approximate surface area is 362 Å². The largest absolute Gasteiger partial charge is 0.456 e. The normalized spacial score (nSPS) is 13.8. The van der Waals surface area contributed by atoms with Gasteiger partial charge in [-0.15, -0.1) is 6.58 Å². The molecule has 0 heterocycles. The van der Waals surface area contributed by atoms with E-state index in [1.165, 1.54) is 92.9 Å². The minimum atomic E-state index is -1.55. The molecule has 0 aromatic rings. The van der Waals surface area contributed by atoms with Crippen LogP contribution in [0.5, 0.6) is 0 Å². The first-order valence-electron chi connectivity index (χ1n) is 23.4. The molecule has 0 saturated carbocycles. The van der Waals surface area contributed by atoms with E-state index in [-0.39, 0.29) is 17.6 Å². The fourth-order valence-electron chi connectivity index (χ4n) is 7.18. The molecule has 55 heavy (non-hydrogen) atoms. The van der Waals surface area contributed by atoms with Crippen LogP contribution in [0.4, 0.5) is 0 Å². The van der Waals surface area contributed by atoms with Crippen LogP contribution in [-0.2, 0) is 12.3 Å². The molecular weight excluding hydrogens is 833 g/mol. The maximum Gasteiger partial charge on any atom is 0.197 e. The van der Waals surface area contributed by atoms with Crippen molar-refractivity contribution in [1.82, 2.24) is 0 Å². The molecule has 0 N–H and O–H groups in total. The fraction of sp³-hybridized carbons (Fsp3) is 0.952. The van der Waals surface area contributed by atoms with Crippen molar-refractivity contribution in [2.45, 2.75) is 257 Å². The summed E-state index contributed by atoms with van der Waals surface area (Å²) in [5.74, 6) is 0. The highest BCUT2D eigenvalue weighted by molar-refractivity contribution is 6.89. The summed E-state index contributed by atoms with van der Waals surface area (Å²) in [6.07, 6.45) is 7.85. The molecule has 0 unspecified atom stereocenters. The smallest absolute Gasteiger partial charge is 0.197 e. The second-order valence-corrected chi connectivity index (χ2v) is 67.0. The molecule has 0 bridgehead atoms. The van der Waals surface area contributed by atoms with Crippen molar-refractivity contribution in [2.75, 3.05) is 0 Å². The minimum Gasteiger partial charge on any atom is -0.456 e. The van der Waals surface area contributed by atoms with Gasteiger partial charge in [-0.2, -0.15) is 0 Å². The van der Waals surface area contributed by atoms with Crippen LogP contribution in [0.3, 0.4) is 0 Å². The molecule has 0 aliphatic carbocycles. The van der Waals surface area contributed by atoms with E-state index in [9.17, 15) is 0 Å². The Morgan fingerprint density at radius 1 is 0.382 bits per heavy atom. The zero-order valence-corrected chi connectivity index (χ0v) is 53.0. The van der Waals surface area contributed by atoms with Gasteiger partial charge in [-0.25, -0.2) is 0 Å². The monoisotopic (exact) mass is 941 g/mol. The van der Waals surface area contributed by atoms with Crippen LogP contribution in [0, 0.1) is 0 Å². The summed E-state index contributed by atoms with van der Waals surface area (Å²) < 4.78 is 20.1. The molecule has 13 heteroatoms. The average Bonchev–Trinajstić information content (AvgIpc) is 3.01. The Balaban J connectivity index is -0.00000104. The highest BCUT2D eigenvalue weighted by Crippen LogP contribution is 2.34. The van der Waals surface area contributed by atoms with Crippen LogP contribution in [0.15, 0.2) is 12.3 Å². The van der Waals surface area contributed by atoms with Gasteiger partial charge in [0, 0.05) is 33.7 Å². The van der Waals surface area contributed by atoms with Gasteiger partial charge >= 0.3 is 0 Å². The number of rotatable bonds is 28. The third-order valence-corrected chi connectivity index (χ3v) is 44.4. The molecule has 0 aromatic heterocycles. The molecule has 0 aliphatic rings. The average molecular weight is 942 g/mol. The van der Waals surface area contributed by atoms with Gasteiger partial charge in [0.05, 0.1) is 0 Å². The molecular formula is C42H108O3Si10. The number of unbranched alkanes of at least 4 members (excludes halogenated alkanes) is 3. The molecule has 0 atom stereocenters. The summed E-state index contributed by atoms with van der Waals surface area (Å²) in [7, 11) is -11.7. The maximum absolute atomic E-state index is 6.91. The molecule has 0 radical (unpaired) electrons. The molecule has 0 amide bonds. The van der Waals surface area contributed by atoms with E-state index in [2.05, 4.69) is 158 Å². The minimum absolute atomic E-state index is 0.192. The van der Waals surface area contributed by atoms with Gasteiger partial charge in [-0.1, -0.05) is 154 Å². The lowest BCUT2D eigenvalue weighted by molar-refractivity contribution is 0.533. The van der Waals surface area contributed by atoms with Gasteiger partial charge in [0.1, 0.15) is 0 Å². The maximum atomic E-state index is 6.91. The number of hydrogen-bond acceptors (Lipinski definition) is 3. The summed E-state index contributed by atoms with van der Waals surface area (Å²) in [5, 5.41) is 0. The van der Waals surface area contributed by atoms with Gasteiger partial charge in [-0.05, 0) is 109 Å². The Morgan fingerprint density at radius 3 is 0.855 bits per heavy atom. The molecule has 0 rings (SSSR count). The summed E-state index contributed by atoms with van der Waals surface area (Å²) in [4.78, 5) is 0. The predicted octanol–water partition coefficient (Wildman–Crippen LogP) is 16.8. The van der Waals surface area contributed by atoms with Crippen LogP contribution in [-0.4, -0.2) is 83.6 Å². The molecule has 3 nitrogen and oxygen atoms in total. The summed E-state index contributed by atoms with van der Waals surface area (Å²) in [6.45, 7) is 60.0. The molecule has 334 valence electrons. The van der Waals surface area contributed by atoms with Gasteiger partial charge < -0.3 is 12.3 Å². The Kier molecular flexibility index (Phi) is 31.5. The van der Waals surface area contributed by atoms with Gasteiger partial charge in [0.15, 0.2) is 49.9 Å². The Hall–Kier alpha value is 1.79. The third kappa shape index (κ3) is 39.7. The molecule has 0 spiro atoms. The van der Waals surface area contributed by atoms with Crippen LogP contribution in [0.2, 0.25) is 197 Å². The van der Waals surface area contributed by atoms with E-state index >= 15 is 0 Å². The second-order valence-electron chi connectivity index (χ2n) is 23.4. The van der Waals surface area contributed by atoms with Crippen LogP contribution in [0.1, 0.15) is 59.3 Å². The van der Waals surface area contributed by atoms with E-state index in [0.29, 0.717) is 0 Å². The van der Waals surface area contributed by atoms with Crippen LogP contribution >= 0.6 is 0 Å². The van der Waals surface area contributed by atoms with Crippen molar-refractivity contribution in [1.29, 1.82) is 0 Å². The van der Waals surface area contributed by atoms with Crippen molar-refractivity contribution < 1.29 is 12.3 Å². The van der Waals surface area contributed by atoms with E-state index in [1.54, 1.807) is 12.1 Å². The summed E-state index contributed by atoms with van der Waals surface area (Å²) >= 11 is 0. The van der Waals surface area contributed by atoms with Crippen molar-refractivity contribution in [3.05, 3.63) is 12.3 Å². The summed E-state index contributed by atoms with van der Waals surface area (Å²) in [6, 6.07) is 15.9. The van der Waals surface area contributed by atoms with Crippen molar-refractivity contribution in [3.63, 3.8) is 0 Å². The first-order valence-corrected chi connectivity index (χ1v) is 55.0. The van der Waals surface area contributed by atoms with E-state index in [0.717, 1.165) is 0 Å². The Morgan fingerprint density at radius 2 is 0.618 bits per heavy atom. The standard InChI is InChI=1S/C26H66O2Si6.C10H24OSi2.C6H18Si2/c1-15-17-19-31(7,8)27-33(11,12)25-23-29(3,4)21-22-30(5,6)24-26-34(13,14)28-32(9,10)20-18-16-2;1-7-9-10-13(5,6)11-12(3,4)8-2;1-7(2)5-6-8(3)4/h15-26H2,1-14H3;8H,2,7,9-10H2,1,3-6H3;7-8H,5-6H2,1-4H3. The zero-order valence-electron chi connectivity index (χ0n) is 42.7. The SMILES string of the molecule is C=C[Si](C)(C)O[Si](C)(C)CCCC.CCCC[Si](C)(C)O[Si](C)(C)CC[Si](C)(C)CC[Si](C)(C)CC[Si](C)(C)O[Si](C)(C)CCCC.C[SiH](C)CC[SiH](C)C. The van der Waals surface area contributed by atoms with Gasteiger partial charge in [0.2, 0.25) is 0 Å². The summed E-state index contributed by atoms with van der Waals surface area (Å²) in [5.41, 5.74) is 2.04. The fourth-order valence-corrected chi connectivity index (χ4v) is 52.3. The predicted molar refractivity (Wildman–Crippen MR) is 289 cm³/mol. The van der Waals surface area contributed by atoms with Gasteiger partial charge in [0.25, 0.3) is 0 Å². The molecule has 0 saturated heterocycles. The lowest BCUT2D eigenvalue weighted by Gasteiger charge is -2.37. The lowest BCUT2D eigenvalue weighted by atomic mass is 10.4. The highest BCUT2D eigenvalue weighted by Gasteiger charge is 2.37. The lowest BCUT2D eigenvalue weighted by Crippen LogP contribution is -2.46. The highest BCUT2D eigenvalue weighted by atomic mass is 28.4. The quantitative estimate of drug-likeness (QED) is 0.0732. The number of hydrogen-bond donors (Lipinski definition) is 0. The second kappa shape index (κ2) is 28.4. The van der Waals surface area contributed by atoms with Gasteiger partial charge in [-0.3, -0.25) is 0 Å². The third-order valence-electron chi connectivity index (χ3n) is 11.1. The van der Waals surface area contributed by atoms with Crippen LogP contribution < -0.4 is 0 Å². The molecule has 0 aliphatic heterocycles. The first-order chi connectivity index (χ1) is 24.6. The van der Waals surface area contributed by atoms with E-state index in [1.807, 2.05) is 5.70 Å². The molecule has 0 fully saturated rings. The van der Waals surface area contributed by atoms with Crippen molar-refractivity contribution in [2.24, 2.45) is 0 Å². The Bertz CT molecular complexity index is 923. The van der Waals surface area contributed by atoms with E-state index in [4.69, 9.17) is 12.3 Å². The van der Waals surface area contributed by atoms with Crippen molar-refractivity contribution in [3.8, 4) is 0 Å². The topological polar surface area (TPSA) is 27.7 Å². The zero-order chi connectivity index (χ0) is 44.0. The molecule has 0 aromatic carbocycles.